The highest BCUT2D eigenvalue weighted by molar-refractivity contribution is 8.01. The first kappa shape index (κ1) is 24.2. The number of aryl methyl sites for hydroxylation is 3. The maximum atomic E-state index is 14.2. The number of ether oxygens (including phenoxy) is 2. The van der Waals surface area contributed by atoms with Gasteiger partial charge in [0.15, 0.2) is 0 Å². The quantitative estimate of drug-likeness (QED) is 0.461. The Morgan fingerprint density at radius 3 is 2.27 bits per heavy atom. The Kier molecular flexibility index (Phi) is 7.66. The van der Waals surface area contributed by atoms with Crippen molar-refractivity contribution in [3.8, 4) is 11.5 Å². The second-order valence-corrected chi connectivity index (χ2v) is 9.92. The maximum absolute atomic E-state index is 14.2. The minimum Gasteiger partial charge on any atom is -0.496 e. The molecule has 0 spiro atoms. The average Bonchev–Trinajstić information content (AvgIpc) is 2.81. The molecule has 0 heterocycles. The summed E-state index contributed by atoms with van der Waals surface area (Å²) in [6.07, 6.45) is 1.42. The highest BCUT2D eigenvalue weighted by Gasteiger charge is 2.27. The molecule has 0 radical (unpaired) electrons. The van der Waals surface area contributed by atoms with Crippen LogP contribution >= 0.6 is 0 Å². The van der Waals surface area contributed by atoms with Crippen LogP contribution in [0.25, 0.3) is 0 Å². The van der Waals surface area contributed by atoms with Crippen molar-refractivity contribution in [1.29, 1.82) is 0 Å². The van der Waals surface area contributed by atoms with Gasteiger partial charge >= 0.3 is 0 Å². The number of rotatable bonds is 10. The van der Waals surface area contributed by atoms with E-state index in [0.717, 1.165) is 17.5 Å². The van der Waals surface area contributed by atoms with Gasteiger partial charge in [-0.1, -0.05) is 42.5 Å². The van der Waals surface area contributed by atoms with E-state index in [1.165, 1.54) is 9.87 Å². The van der Waals surface area contributed by atoms with E-state index in [1.54, 1.807) is 38.5 Å². The number of hydrogen-bond acceptors (Lipinski definition) is 4. The van der Waals surface area contributed by atoms with Gasteiger partial charge in [-0.25, -0.2) is 4.21 Å². The van der Waals surface area contributed by atoms with Crippen molar-refractivity contribution in [1.82, 2.24) is 0 Å². The maximum Gasteiger partial charge on any atom is 0.238 e. The monoisotopic (exact) mass is 466 g/mol. The van der Waals surface area contributed by atoms with Gasteiger partial charge < -0.3 is 15.2 Å². The number of nitrogens with zero attached hydrogens (tertiary/aromatic N) is 1. The molecule has 0 saturated heterocycles. The summed E-state index contributed by atoms with van der Waals surface area (Å²) in [5, 5.41) is 0. The summed E-state index contributed by atoms with van der Waals surface area (Å²) in [4.78, 5) is 12.6. The number of nitrogens with two attached hydrogens (primary N) is 1. The van der Waals surface area contributed by atoms with Crippen LogP contribution in [-0.4, -0.2) is 36.8 Å². The molecule has 0 fully saturated rings. The molecule has 1 atom stereocenters. The molecule has 3 aromatic carbocycles. The van der Waals surface area contributed by atoms with Gasteiger partial charge in [-0.2, -0.15) is 0 Å². The lowest BCUT2D eigenvalue weighted by molar-refractivity contribution is -0.116. The molecule has 174 valence electrons. The van der Waals surface area contributed by atoms with Crippen molar-refractivity contribution in [2.75, 3.05) is 25.1 Å². The summed E-state index contributed by atoms with van der Waals surface area (Å²) in [5.41, 5.74) is 9.03. The molecule has 0 bridgehead atoms. The van der Waals surface area contributed by atoms with Gasteiger partial charge in [-0.05, 0) is 66.6 Å². The molecule has 0 aliphatic rings. The van der Waals surface area contributed by atoms with Gasteiger partial charge in [0.1, 0.15) is 18.0 Å². The van der Waals surface area contributed by atoms with E-state index in [1.807, 2.05) is 37.3 Å². The van der Waals surface area contributed by atoms with Crippen LogP contribution < -0.4 is 19.5 Å². The lowest BCUT2D eigenvalue weighted by Crippen LogP contribution is -2.39. The number of primary amides is 1. The van der Waals surface area contributed by atoms with E-state index in [0.29, 0.717) is 28.5 Å². The van der Waals surface area contributed by atoms with E-state index in [-0.39, 0.29) is 6.54 Å². The topological polar surface area (TPSA) is 81.9 Å². The summed E-state index contributed by atoms with van der Waals surface area (Å²) < 4.78 is 26.6. The normalized spacial score (nSPS) is 12.6. The first-order valence-electron chi connectivity index (χ1n) is 10.6. The fourth-order valence-corrected chi connectivity index (χ4v) is 5.52. The number of methoxy groups -OCH3 is 2. The Morgan fingerprint density at radius 2 is 1.67 bits per heavy atom. The van der Waals surface area contributed by atoms with Crippen LogP contribution in [0, 0.1) is 6.92 Å². The van der Waals surface area contributed by atoms with Crippen LogP contribution in [0.1, 0.15) is 16.7 Å². The highest BCUT2D eigenvalue weighted by Crippen LogP contribution is 2.37. The largest absolute Gasteiger partial charge is 0.496 e. The van der Waals surface area contributed by atoms with Crippen LogP contribution in [0.5, 0.6) is 11.5 Å². The number of para-hydroxylation sites is 1. The predicted molar refractivity (Wildman–Crippen MR) is 135 cm³/mol. The first-order chi connectivity index (χ1) is 15.8. The molecule has 0 aliphatic heterocycles. The molecule has 1 amide bonds. The van der Waals surface area contributed by atoms with E-state index >= 15 is 0 Å². The van der Waals surface area contributed by atoms with Crippen LogP contribution in [-0.2, 0) is 27.3 Å². The molecule has 3 aromatic rings. The van der Waals surface area contributed by atoms with E-state index in [2.05, 4.69) is 18.0 Å². The molecule has 0 aromatic heterocycles. The SMILES string of the molecule is C=S(=O)(c1ccc(OC)c(C)c1)N(CC(N)=O)c1c(CCc2ccccc2)cccc1OC. The summed E-state index contributed by atoms with van der Waals surface area (Å²) in [5.74, 6) is 4.62. The molecular formula is C26H30N2O4S. The Morgan fingerprint density at radius 1 is 0.970 bits per heavy atom. The zero-order valence-electron chi connectivity index (χ0n) is 19.2. The van der Waals surface area contributed by atoms with Crippen molar-refractivity contribution in [2.45, 2.75) is 24.7 Å². The van der Waals surface area contributed by atoms with Gasteiger partial charge in [-0.3, -0.25) is 9.10 Å². The summed E-state index contributed by atoms with van der Waals surface area (Å²) in [6.45, 7) is 1.59. The molecule has 1 unspecified atom stereocenters. The fourth-order valence-electron chi connectivity index (χ4n) is 3.79. The Hall–Kier alpha value is -3.45. The minimum absolute atomic E-state index is 0.272. The zero-order chi connectivity index (χ0) is 24.0. The second kappa shape index (κ2) is 10.4. The lowest BCUT2D eigenvalue weighted by atomic mass is 10.0. The predicted octanol–water partition coefficient (Wildman–Crippen LogP) is 3.78. The smallest absolute Gasteiger partial charge is 0.238 e. The third-order valence-corrected chi connectivity index (χ3v) is 7.48. The molecule has 7 heteroatoms. The van der Waals surface area contributed by atoms with Crippen LogP contribution in [0.3, 0.4) is 0 Å². The number of anilines is 1. The molecule has 33 heavy (non-hydrogen) atoms. The second-order valence-electron chi connectivity index (χ2n) is 7.73. The van der Waals surface area contributed by atoms with Crippen molar-refractivity contribution in [3.05, 3.63) is 83.4 Å². The van der Waals surface area contributed by atoms with Crippen molar-refractivity contribution >= 4 is 27.2 Å². The van der Waals surface area contributed by atoms with Crippen LogP contribution in [0.2, 0.25) is 0 Å². The summed E-state index contributed by atoms with van der Waals surface area (Å²) in [6, 6.07) is 20.9. The number of carbonyl (C=O) groups is 1. The van der Waals surface area contributed by atoms with Gasteiger partial charge in [0.05, 0.1) is 34.5 Å². The number of amides is 1. The van der Waals surface area contributed by atoms with Crippen molar-refractivity contribution < 1.29 is 18.5 Å². The van der Waals surface area contributed by atoms with E-state index in [9.17, 15) is 9.00 Å². The van der Waals surface area contributed by atoms with Gasteiger partial charge in [0, 0.05) is 0 Å². The van der Waals surface area contributed by atoms with Gasteiger partial charge in [0.2, 0.25) is 5.91 Å². The molecule has 3 rings (SSSR count). The first-order valence-corrected chi connectivity index (χ1v) is 12.2. The Labute approximate surface area is 196 Å². The Bertz CT molecular complexity index is 1220. The number of benzene rings is 3. The van der Waals surface area contributed by atoms with E-state index in [4.69, 9.17) is 15.2 Å². The van der Waals surface area contributed by atoms with Crippen molar-refractivity contribution in [3.63, 3.8) is 0 Å². The lowest BCUT2D eigenvalue weighted by Gasteiger charge is -2.31. The summed E-state index contributed by atoms with van der Waals surface area (Å²) >= 11 is 0. The third-order valence-electron chi connectivity index (χ3n) is 5.47. The molecular weight excluding hydrogens is 436 g/mol. The van der Waals surface area contributed by atoms with Crippen LogP contribution in [0.15, 0.2) is 71.6 Å². The average molecular weight is 467 g/mol. The molecule has 2 N–H and O–H groups in total. The fraction of sp³-hybridized carbons (Fsp3) is 0.231. The highest BCUT2D eigenvalue weighted by atomic mass is 32.2. The van der Waals surface area contributed by atoms with Crippen molar-refractivity contribution in [2.24, 2.45) is 5.73 Å². The number of carbonyl (C=O) groups excluding carboxylic acids is 1. The number of hydrogen-bond donors (Lipinski definition) is 1. The molecule has 0 saturated carbocycles. The van der Waals surface area contributed by atoms with Gasteiger partial charge in [0.25, 0.3) is 0 Å². The molecule has 0 aliphatic carbocycles. The zero-order valence-corrected chi connectivity index (χ0v) is 20.1. The minimum atomic E-state index is -3.14. The standard InChI is InChI=1S/C26H30N2O4S/c1-19-17-22(15-16-23(19)31-2)33(4,30)28(18-25(27)29)26-21(11-8-12-24(26)32-3)14-13-20-9-6-5-7-10-20/h5-12,15-17H,4,13-14,18H2,1-3H3,(H2,27,29). The molecule has 6 nitrogen and oxygen atoms in total. The third kappa shape index (κ3) is 5.49. The van der Waals surface area contributed by atoms with Gasteiger partial charge in [-0.15, -0.1) is 0 Å². The Balaban J connectivity index is 2.11. The van der Waals surface area contributed by atoms with E-state index < -0.39 is 15.6 Å². The summed E-state index contributed by atoms with van der Waals surface area (Å²) in [7, 11) is -0.0113. The van der Waals surface area contributed by atoms with Crippen LogP contribution in [0.4, 0.5) is 5.69 Å².